The summed E-state index contributed by atoms with van der Waals surface area (Å²) in [5, 5.41) is 0. The van der Waals surface area contributed by atoms with Crippen LogP contribution in [0.4, 0.5) is 0 Å². The van der Waals surface area contributed by atoms with Crippen LogP contribution in [0.25, 0.3) is 0 Å². The van der Waals surface area contributed by atoms with Gasteiger partial charge >= 0.3 is 0 Å². The summed E-state index contributed by atoms with van der Waals surface area (Å²) >= 11 is 2.07. The van der Waals surface area contributed by atoms with E-state index < -0.39 is 5.91 Å². The molecule has 136 valence electrons. The van der Waals surface area contributed by atoms with E-state index in [2.05, 4.69) is 33.4 Å². The van der Waals surface area contributed by atoms with Crippen LogP contribution in [0.2, 0.25) is 0 Å². The quantitative estimate of drug-likeness (QED) is 0.525. The van der Waals surface area contributed by atoms with Crippen molar-refractivity contribution in [3.63, 3.8) is 0 Å². The Morgan fingerprint density at radius 2 is 1.81 bits per heavy atom. The van der Waals surface area contributed by atoms with Crippen LogP contribution in [0.3, 0.4) is 0 Å². The monoisotopic (exact) mass is 466 g/mol. The van der Waals surface area contributed by atoms with Gasteiger partial charge in [-0.15, -0.1) is 0 Å². The van der Waals surface area contributed by atoms with Crippen molar-refractivity contribution in [3.8, 4) is 5.75 Å². The molecular formula is C19H19IN2O4. The Bertz CT molecular complexity index is 773. The number of rotatable bonds is 5. The van der Waals surface area contributed by atoms with Crippen molar-refractivity contribution in [1.29, 1.82) is 0 Å². The van der Waals surface area contributed by atoms with Gasteiger partial charge < -0.3 is 9.47 Å². The Morgan fingerprint density at radius 1 is 1.08 bits per heavy atom. The van der Waals surface area contributed by atoms with Crippen LogP contribution in [-0.4, -0.2) is 31.1 Å². The highest BCUT2D eigenvalue weighted by atomic mass is 127. The number of halogens is 1. The van der Waals surface area contributed by atoms with Gasteiger partial charge in [0.25, 0.3) is 11.8 Å². The molecule has 1 aliphatic rings. The molecule has 2 N–H and O–H groups in total. The van der Waals surface area contributed by atoms with Gasteiger partial charge in [0.05, 0.1) is 11.7 Å². The molecule has 0 radical (unpaired) electrons. The molecule has 1 unspecified atom stereocenters. The summed E-state index contributed by atoms with van der Waals surface area (Å²) in [6.07, 6.45) is 2.23. The highest BCUT2D eigenvalue weighted by molar-refractivity contribution is 14.1. The molecule has 2 amide bonds. The van der Waals surface area contributed by atoms with E-state index in [-0.39, 0.29) is 12.0 Å². The van der Waals surface area contributed by atoms with Gasteiger partial charge in [-0.1, -0.05) is 12.1 Å². The maximum absolute atomic E-state index is 12.2. The van der Waals surface area contributed by atoms with E-state index in [0.717, 1.165) is 23.0 Å². The van der Waals surface area contributed by atoms with E-state index >= 15 is 0 Å². The first-order valence-electron chi connectivity index (χ1n) is 8.33. The molecule has 0 bridgehead atoms. The number of amides is 2. The molecule has 0 aliphatic carbocycles. The summed E-state index contributed by atoms with van der Waals surface area (Å²) in [5.74, 6) is -0.0743. The van der Waals surface area contributed by atoms with E-state index in [4.69, 9.17) is 9.47 Å². The number of hydrazine groups is 1. The lowest BCUT2D eigenvalue weighted by Gasteiger charge is -2.12. The van der Waals surface area contributed by atoms with Crippen molar-refractivity contribution in [1.82, 2.24) is 10.9 Å². The lowest BCUT2D eigenvalue weighted by molar-refractivity contribution is 0.0679. The van der Waals surface area contributed by atoms with Crippen molar-refractivity contribution in [2.45, 2.75) is 18.9 Å². The average molecular weight is 466 g/mol. The van der Waals surface area contributed by atoms with E-state index in [1.54, 1.807) is 36.4 Å². The van der Waals surface area contributed by atoms with E-state index in [0.29, 0.717) is 23.5 Å². The normalized spacial score (nSPS) is 16.1. The van der Waals surface area contributed by atoms with Crippen LogP contribution >= 0.6 is 22.6 Å². The molecule has 0 aromatic heterocycles. The van der Waals surface area contributed by atoms with Crippen molar-refractivity contribution in [2.24, 2.45) is 0 Å². The van der Waals surface area contributed by atoms with Gasteiger partial charge in [0.15, 0.2) is 0 Å². The Morgan fingerprint density at radius 3 is 2.50 bits per heavy atom. The van der Waals surface area contributed by atoms with E-state index in [9.17, 15) is 9.59 Å². The number of carbonyl (C=O) groups is 2. The fourth-order valence-corrected chi connectivity index (χ4v) is 3.20. The third kappa shape index (κ3) is 4.95. The van der Waals surface area contributed by atoms with Gasteiger partial charge in [-0.25, -0.2) is 0 Å². The number of hydrogen-bond acceptors (Lipinski definition) is 4. The van der Waals surface area contributed by atoms with Gasteiger partial charge in [0, 0.05) is 15.7 Å². The predicted octanol–water partition coefficient (Wildman–Crippen LogP) is 2.92. The molecule has 0 saturated carbocycles. The van der Waals surface area contributed by atoms with Crippen molar-refractivity contribution in [3.05, 3.63) is 63.2 Å². The van der Waals surface area contributed by atoms with Crippen LogP contribution in [0.5, 0.6) is 5.75 Å². The first kappa shape index (κ1) is 18.7. The maximum atomic E-state index is 12.2. The minimum absolute atomic E-state index is 0.147. The zero-order valence-electron chi connectivity index (χ0n) is 14.0. The summed E-state index contributed by atoms with van der Waals surface area (Å²) in [5.41, 5.74) is 5.78. The highest BCUT2D eigenvalue weighted by Crippen LogP contribution is 2.16. The zero-order valence-corrected chi connectivity index (χ0v) is 16.2. The molecule has 1 atom stereocenters. The standard InChI is InChI=1S/C19H19IN2O4/c20-17-6-2-1-5-16(17)19(24)22-21-18(23)13-7-9-14(10-8-13)26-12-15-4-3-11-25-15/h1-2,5-10,15H,3-4,11-12H2,(H,21,23)(H,22,24). The van der Waals surface area contributed by atoms with Crippen molar-refractivity contribution < 1.29 is 19.1 Å². The minimum atomic E-state index is -0.394. The Balaban J connectivity index is 1.50. The summed E-state index contributed by atoms with van der Waals surface area (Å²) in [6.45, 7) is 1.30. The smallest absolute Gasteiger partial charge is 0.270 e. The highest BCUT2D eigenvalue weighted by Gasteiger charge is 2.16. The maximum Gasteiger partial charge on any atom is 0.270 e. The molecule has 2 aromatic rings. The second-order valence-corrected chi connectivity index (χ2v) is 7.02. The Hall–Kier alpha value is -2.13. The molecule has 1 fully saturated rings. The fourth-order valence-electron chi connectivity index (χ4n) is 2.57. The zero-order chi connectivity index (χ0) is 18.4. The number of ether oxygens (including phenoxy) is 2. The third-order valence-electron chi connectivity index (χ3n) is 3.98. The van der Waals surface area contributed by atoms with Crippen LogP contribution in [0, 0.1) is 3.57 Å². The van der Waals surface area contributed by atoms with Gasteiger partial charge in [0.1, 0.15) is 12.4 Å². The summed E-state index contributed by atoms with van der Waals surface area (Å²) in [7, 11) is 0. The lowest BCUT2D eigenvalue weighted by Crippen LogP contribution is -2.41. The van der Waals surface area contributed by atoms with Crippen LogP contribution in [-0.2, 0) is 4.74 Å². The van der Waals surface area contributed by atoms with Crippen LogP contribution < -0.4 is 15.6 Å². The first-order chi connectivity index (χ1) is 12.6. The van der Waals surface area contributed by atoms with E-state index in [1.165, 1.54) is 0 Å². The lowest BCUT2D eigenvalue weighted by atomic mass is 10.2. The molecule has 6 nitrogen and oxygen atoms in total. The Kier molecular flexibility index (Phi) is 6.45. The fraction of sp³-hybridized carbons (Fsp3) is 0.263. The van der Waals surface area contributed by atoms with Crippen molar-refractivity contribution in [2.75, 3.05) is 13.2 Å². The summed E-state index contributed by atoms with van der Waals surface area (Å²) in [4.78, 5) is 24.3. The number of benzene rings is 2. The second kappa shape index (κ2) is 9.00. The van der Waals surface area contributed by atoms with Gasteiger partial charge in [-0.3, -0.25) is 20.4 Å². The molecule has 0 spiro atoms. The molecular weight excluding hydrogens is 447 g/mol. The molecule has 2 aromatic carbocycles. The van der Waals surface area contributed by atoms with Gasteiger partial charge in [-0.05, 0) is 71.8 Å². The van der Waals surface area contributed by atoms with Crippen LogP contribution in [0.15, 0.2) is 48.5 Å². The molecule has 1 heterocycles. The summed E-state index contributed by atoms with van der Waals surface area (Å²) < 4.78 is 12.0. The minimum Gasteiger partial charge on any atom is -0.491 e. The molecule has 1 aliphatic heterocycles. The number of hydrogen-bond donors (Lipinski definition) is 2. The van der Waals surface area contributed by atoms with Crippen LogP contribution in [0.1, 0.15) is 33.6 Å². The average Bonchev–Trinajstić information content (AvgIpc) is 3.18. The SMILES string of the molecule is O=C(NNC(=O)c1ccccc1I)c1ccc(OCC2CCCO2)cc1. The summed E-state index contributed by atoms with van der Waals surface area (Å²) in [6, 6.07) is 13.9. The van der Waals surface area contributed by atoms with Crippen molar-refractivity contribution >= 4 is 34.4 Å². The molecule has 3 rings (SSSR count). The molecule has 26 heavy (non-hydrogen) atoms. The topological polar surface area (TPSA) is 76.7 Å². The second-order valence-electron chi connectivity index (χ2n) is 5.86. The van der Waals surface area contributed by atoms with Gasteiger partial charge in [-0.2, -0.15) is 0 Å². The number of nitrogens with one attached hydrogen (secondary N) is 2. The predicted molar refractivity (Wildman–Crippen MR) is 105 cm³/mol. The Labute approximate surface area is 165 Å². The van der Waals surface area contributed by atoms with Gasteiger partial charge in [0.2, 0.25) is 0 Å². The number of carbonyl (C=O) groups excluding carboxylic acids is 2. The molecule has 1 saturated heterocycles. The largest absolute Gasteiger partial charge is 0.491 e. The first-order valence-corrected chi connectivity index (χ1v) is 9.41. The van der Waals surface area contributed by atoms with E-state index in [1.807, 2.05) is 12.1 Å². The molecule has 7 heteroatoms. The third-order valence-corrected chi connectivity index (χ3v) is 4.93.